The molecule has 0 aliphatic rings. The Balaban J connectivity index is 2.86. The molecule has 0 heterocycles. The number of hydrogen-bond acceptors (Lipinski definition) is 1. The van der Waals surface area contributed by atoms with Gasteiger partial charge < -0.3 is 5.11 Å². The molecule has 0 fully saturated rings. The fraction of sp³-hybridized carbons (Fsp3) is 0.125. The van der Waals surface area contributed by atoms with Crippen molar-refractivity contribution in [3.05, 3.63) is 29.8 Å². The van der Waals surface area contributed by atoms with Crippen molar-refractivity contribution in [1.29, 1.82) is 0 Å². The van der Waals surface area contributed by atoms with Crippen LogP contribution in [0.3, 0.4) is 0 Å². The highest BCUT2D eigenvalue weighted by molar-refractivity contribution is 7.27. The van der Waals surface area contributed by atoms with E-state index in [1.54, 1.807) is 0 Å². The molecule has 0 aromatic heterocycles. The Bertz CT molecular complexity index is 271. The zero-order valence-electron chi connectivity index (χ0n) is 5.95. The second-order valence-corrected chi connectivity index (χ2v) is 2.89. The monoisotopic (exact) mass is 168 g/mol. The van der Waals surface area contributed by atoms with Crippen molar-refractivity contribution in [2.24, 2.45) is 0 Å². The number of carbonyl (C=O) groups is 1. The fourth-order valence-corrected chi connectivity index (χ4v) is 1.17. The van der Waals surface area contributed by atoms with Gasteiger partial charge in [0.15, 0.2) is 0 Å². The molecular weight excluding hydrogens is 159 g/mol. The van der Waals surface area contributed by atoms with Crippen LogP contribution in [0.5, 0.6) is 0 Å². The van der Waals surface area contributed by atoms with Crippen LogP contribution in [0.1, 0.15) is 5.56 Å². The minimum Gasteiger partial charge on any atom is -0.481 e. The van der Waals surface area contributed by atoms with Gasteiger partial charge in [0.25, 0.3) is 0 Å². The summed E-state index contributed by atoms with van der Waals surface area (Å²) < 4.78 is 0. The Hall–Kier alpha value is -0.880. The summed E-state index contributed by atoms with van der Waals surface area (Å²) in [5.41, 5.74) is 0.852. The van der Waals surface area contributed by atoms with Crippen LogP contribution in [-0.4, -0.2) is 11.1 Å². The van der Waals surface area contributed by atoms with E-state index in [2.05, 4.69) is 9.24 Å². The van der Waals surface area contributed by atoms with Crippen LogP contribution in [0, 0.1) is 0 Å². The van der Waals surface area contributed by atoms with E-state index in [9.17, 15) is 4.79 Å². The predicted octanol–water partition coefficient (Wildman–Crippen LogP) is 0.814. The highest BCUT2D eigenvalue weighted by Gasteiger charge is 2.01. The molecule has 0 aliphatic carbocycles. The fourth-order valence-electron chi connectivity index (χ4n) is 0.858. The van der Waals surface area contributed by atoms with Crippen molar-refractivity contribution in [2.45, 2.75) is 6.42 Å². The lowest BCUT2D eigenvalue weighted by atomic mass is 10.1. The number of aliphatic carboxylic acids is 1. The standard InChI is InChI=1S/C8H9O2P/c9-8(10)5-6-3-1-2-4-7(6)11/h1-4H,5,11H2,(H,9,10). The van der Waals surface area contributed by atoms with Gasteiger partial charge in [0, 0.05) is 0 Å². The van der Waals surface area contributed by atoms with Gasteiger partial charge in [0.2, 0.25) is 0 Å². The Kier molecular flexibility index (Phi) is 2.61. The van der Waals surface area contributed by atoms with Gasteiger partial charge in [-0.1, -0.05) is 24.3 Å². The molecule has 58 valence electrons. The molecule has 2 nitrogen and oxygen atoms in total. The first-order valence-corrected chi connectivity index (χ1v) is 3.83. The van der Waals surface area contributed by atoms with Crippen molar-refractivity contribution < 1.29 is 9.90 Å². The van der Waals surface area contributed by atoms with Crippen molar-refractivity contribution >= 4 is 20.5 Å². The molecule has 11 heavy (non-hydrogen) atoms. The van der Waals surface area contributed by atoms with Gasteiger partial charge in [-0.25, -0.2) is 0 Å². The third-order valence-electron chi connectivity index (χ3n) is 1.40. The predicted molar refractivity (Wildman–Crippen MR) is 47.1 cm³/mol. The molecule has 1 aromatic carbocycles. The number of carboxylic acids is 1. The highest BCUT2D eigenvalue weighted by atomic mass is 31.0. The van der Waals surface area contributed by atoms with E-state index < -0.39 is 5.97 Å². The Morgan fingerprint density at radius 3 is 2.64 bits per heavy atom. The lowest BCUT2D eigenvalue weighted by Crippen LogP contribution is -2.07. The summed E-state index contributed by atoms with van der Waals surface area (Å²) in [6.45, 7) is 0. The van der Waals surface area contributed by atoms with E-state index in [0.717, 1.165) is 10.9 Å². The van der Waals surface area contributed by atoms with Gasteiger partial charge in [-0.05, 0) is 10.9 Å². The van der Waals surface area contributed by atoms with Gasteiger partial charge in [-0.2, -0.15) is 0 Å². The number of hydrogen-bond donors (Lipinski definition) is 1. The molecule has 1 atom stereocenters. The smallest absolute Gasteiger partial charge is 0.307 e. The molecule has 1 N–H and O–H groups in total. The first kappa shape index (κ1) is 8.22. The lowest BCUT2D eigenvalue weighted by Gasteiger charge is -1.99. The Morgan fingerprint density at radius 2 is 2.09 bits per heavy atom. The first-order chi connectivity index (χ1) is 5.20. The number of carboxylic acid groups (broad SMARTS) is 1. The third kappa shape index (κ3) is 2.32. The molecule has 0 radical (unpaired) electrons. The summed E-state index contributed by atoms with van der Waals surface area (Å²) in [6, 6.07) is 7.42. The SMILES string of the molecule is O=C(O)Cc1ccccc1P. The van der Waals surface area contributed by atoms with E-state index in [0.29, 0.717) is 0 Å². The summed E-state index contributed by atoms with van der Waals surface area (Å²) in [7, 11) is 2.51. The largest absolute Gasteiger partial charge is 0.481 e. The van der Waals surface area contributed by atoms with Gasteiger partial charge in [-0.15, -0.1) is 9.24 Å². The molecule has 0 amide bonds. The first-order valence-electron chi connectivity index (χ1n) is 3.25. The van der Waals surface area contributed by atoms with E-state index in [-0.39, 0.29) is 6.42 Å². The minimum absolute atomic E-state index is 0.0969. The van der Waals surface area contributed by atoms with E-state index in [1.807, 2.05) is 24.3 Å². The van der Waals surface area contributed by atoms with Crippen LogP contribution in [0.25, 0.3) is 0 Å². The maximum Gasteiger partial charge on any atom is 0.307 e. The quantitative estimate of drug-likeness (QED) is 0.663. The van der Waals surface area contributed by atoms with Crippen LogP contribution in [0.15, 0.2) is 24.3 Å². The summed E-state index contributed by atoms with van der Waals surface area (Å²) in [5.74, 6) is -0.792. The Labute approximate surface area is 67.4 Å². The number of rotatable bonds is 2. The van der Waals surface area contributed by atoms with Crippen molar-refractivity contribution in [3.8, 4) is 0 Å². The van der Waals surface area contributed by atoms with Crippen molar-refractivity contribution in [1.82, 2.24) is 0 Å². The molecule has 0 bridgehead atoms. The molecule has 0 saturated heterocycles. The second-order valence-electron chi connectivity index (χ2n) is 2.27. The minimum atomic E-state index is -0.792. The summed E-state index contributed by atoms with van der Waals surface area (Å²) in [4.78, 5) is 10.3. The highest BCUT2D eigenvalue weighted by Crippen LogP contribution is 2.00. The zero-order valence-corrected chi connectivity index (χ0v) is 7.10. The normalized spacial score (nSPS) is 9.55. The molecule has 1 aromatic rings. The molecule has 1 rings (SSSR count). The molecule has 1 unspecified atom stereocenters. The average Bonchev–Trinajstić information content (AvgIpc) is 1.93. The van der Waals surface area contributed by atoms with E-state index in [1.165, 1.54) is 0 Å². The van der Waals surface area contributed by atoms with E-state index >= 15 is 0 Å². The molecule has 0 saturated carbocycles. The van der Waals surface area contributed by atoms with Gasteiger partial charge in [0.1, 0.15) is 0 Å². The van der Waals surface area contributed by atoms with Crippen LogP contribution in [0.4, 0.5) is 0 Å². The molecular formula is C8H9O2P. The topological polar surface area (TPSA) is 37.3 Å². The average molecular weight is 168 g/mol. The third-order valence-corrected chi connectivity index (χ3v) is 1.96. The summed E-state index contributed by atoms with van der Waals surface area (Å²) in [6.07, 6.45) is 0.0969. The maximum absolute atomic E-state index is 10.3. The van der Waals surface area contributed by atoms with Gasteiger partial charge in [-0.3, -0.25) is 4.79 Å². The zero-order chi connectivity index (χ0) is 8.27. The number of benzene rings is 1. The summed E-state index contributed by atoms with van der Waals surface area (Å²) in [5, 5.41) is 9.44. The van der Waals surface area contributed by atoms with Crippen LogP contribution in [-0.2, 0) is 11.2 Å². The van der Waals surface area contributed by atoms with Crippen LogP contribution < -0.4 is 5.30 Å². The van der Waals surface area contributed by atoms with Crippen LogP contribution >= 0.6 is 9.24 Å². The van der Waals surface area contributed by atoms with Crippen LogP contribution in [0.2, 0.25) is 0 Å². The molecule has 0 spiro atoms. The second kappa shape index (κ2) is 3.49. The molecule has 0 aliphatic heterocycles. The van der Waals surface area contributed by atoms with Gasteiger partial charge in [0.05, 0.1) is 6.42 Å². The molecule has 3 heteroatoms. The lowest BCUT2D eigenvalue weighted by molar-refractivity contribution is -0.136. The van der Waals surface area contributed by atoms with Gasteiger partial charge >= 0.3 is 5.97 Å². The Morgan fingerprint density at radius 1 is 1.45 bits per heavy atom. The van der Waals surface area contributed by atoms with Crippen molar-refractivity contribution in [3.63, 3.8) is 0 Å². The maximum atomic E-state index is 10.3. The summed E-state index contributed by atoms with van der Waals surface area (Å²) >= 11 is 0. The van der Waals surface area contributed by atoms with Crippen molar-refractivity contribution in [2.75, 3.05) is 0 Å². The van der Waals surface area contributed by atoms with E-state index in [4.69, 9.17) is 5.11 Å².